The number of likely N-dealkylation sites (tertiary alicyclic amines) is 2. The summed E-state index contributed by atoms with van der Waals surface area (Å²) in [6.45, 7) is 27.7. The summed E-state index contributed by atoms with van der Waals surface area (Å²) in [5.41, 5.74) is 0.734. The largest absolute Gasteiger partial charge is 0.394 e. The van der Waals surface area contributed by atoms with Crippen LogP contribution in [0.2, 0.25) is 0 Å². The van der Waals surface area contributed by atoms with Crippen molar-refractivity contribution in [3.8, 4) is 0 Å². The van der Waals surface area contributed by atoms with Crippen LogP contribution in [0.1, 0.15) is 163 Å². The van der Waals surface area contributed by atoms with Crippen molar-refractivity contribution in [3.63, 3.8) is 0 Å². The molecule has 2 fully saturated rings. The Labute approximate surface area is 472 Å². The van der Waals surface area contributed by atoms with Gasteiger partial charge in [0.25, 0.3) is 0 Å². The first-order chi connectivity index (χ1) is 36.8. The van der Waals surface area contributed by atoms with Gasteiger partial charge in [0.2, 0.25) is 70.9 Å². The van der Waals surface area contributed by atoms with Crippen molar-refractivity contribution in [3.05, 3.63) is 0 Å². The summed E-state index contributed by atoms with van der Waals surface area (Å²) in [7, 11) is 0. The maximum Gasteiger partial charge on any atom is 0.248 e. The third kappa shape index (κ3) is 20.3. The number of rotatable bonds is 29. The summed E-state index contributed by atoms with van der Waals surface area (Å²) in [6, 6.07) is -8.78. The Morgan fingerprint density at radius 3 is 1.32 bits per heavy atom. The van der Waals surface area contributed by atoms with E-state index in [0.29, 0.717) is 19.3 Å². The molecule has 2 rings (SSSR count). The molecule has 25 nitrogen and oxygen atoms in total. The Morgan fingerprint density at radius 1 is 0.500 bits per heavy atom. The van der Waals surface area contributed by atoms with Crippen LogP contribution in [0.3, 0.4) is 0 Å². The first-order valence-corrected chi connectivity index (χ1v) is 28.0. The SMILES string of the molecule is CC(=O)NC(C)(C)C(=O)N[C@@H](CC(N)=O)C(=O)N[C@H](C(=O)N[C@H](C(=O)NC(C)(C)C(=O)N1CCC[C@H]1C(=O)N[C@@H](CC(C)C)C(=O)N[C@@H](CC(C)C)C(=O)NC(C)(C)C(=O)N1CCC[C@H]1C(=O)N[C@H](CO)C(C)C)C(C)C)C(C)C. The highest BCUT2D eigenvalue weighted by atomic mass is 16.3. The molecule has 2 saturated heterocycles. The van der Waals surface area contributed by atoms with Crippen molar-refractivity contribution in [2.75, 3.05) is 19.7 Å². The molecule has 2 heterocycles. The maximum atomic E-state index is 14.4. The minimum Gasteiger partial charge on any atom is -0.394 e. The molecule has 0 radical (unpaired) electrons. The Kier molecular flexibility index (Phi) is 26.0. The van der Waals surface area contributed by atoms with E-state index in [2.05, 4.69) is 47.9 Å². The van der Waals surface area contributed by atoms with Crippen molar-refractivity contribution in [1.29, 1.82) is 0 Å². The number of primary amides is 1. The molecule has 0 aliphatic carbocycles. The number of amides is 12. The second-order valence-electron chi connectivity index (χ2n) is 24.9. The van der Waals surface area contributed by atoms with Crippen LogP contribution in [0.4, 0.5) is 0 Å². The fraction of sp³-hybridized carbons (Fsp3) is 0.782. The predicted octanol–water partition coefficient (Wildman–Crippen LogP) is -0.491. The van der Waals surface area contributed by atoms with Gasteiger partial charge in [0.1, 0.15) is 58.9 Å². The summed E-state index contributed by atoms with van der Waals surface area (Å²) >= 11 is 0. The Bertz CT molecular complexity index is 2260. The number of nitrogens with one attached hydrogen (secondary N) is 9. The lowest BCUT2D eigenvalue weighted by molar-refractivity contribution is -0.146. The van der Waals surface area contributed by atoms with Gasteiger partial charge in [-0.05, 0) is 110 Å². The molecule has 0 bridgehead atoms. The van der Waals surface area contributed by atoms with E-state index in [-0.39, 0.29) is 56.7 Å². The summed E-state index contributed by atoms with van der Waals surface area (Å²) in [5.74, 6) is -9.71. The molecule has 2 aliphatic rings. The van der Waals surface area contributed by atoms with Gasteiger partial charge in [-0.3, -0.25) is 57.5 Å². The summed E-state index contributed by atoms with van der Waals surface area (Å²) in [4.78, 5) is 165. The van der Waals surface area contributed by atoms with Gasteiger partial charge in [0, 0.05) is 20.0 Å². The number of nitrogens with zero attached hydrogens (tertiary/aromatic N) is 2. The lowest BCUT2D eigenvalue weighted by Gasteiger charge is -2.36. The zero-order chi connectivity index (χ0) is 61.5. The Morgan fingerprint density at radius 2 is 0.912 bits per heavy atom. The molecular weight excluding hydrogens is 1040 g/mol. The van der Waals surface area contributed by atoms with Gasteiger partial charge in [-0.15, -0.1) is 0 Å². The molecular formula is C55H96N12O13. The Hall–Kier alpha value is -6.40. The average Bonchev–Trinajstić information content (AvgIpc) is 4.02. The minimum atomic E-state index is -1.66. The van der Waals surface area contributed by atoms with Crippen LogP contribution in [0, 0.1) is 29.6 Å². The van der Waals surface area contributed by atoms with Gasteiger partial charge < -0.3 is 68.5 Å². The highest BCUT2D eigenvalue weighted by Gasteiger charge is 2.46. The average molecular weight is 1130 g/mol. The van der Waals surface area contributed by atoms with Crippen LogP contribution in [0.5, 0.6) is 0 Å². The van der Waals surface area contributed by atoms with E-state index in [1.54, 1.807) is 27.7 Å². The van der Waals surface area contributed by atoms with E-state index in [1.165, 1.54) is 58.3 Å². The third-order valence-electron chi connectivity index (χ3n) is 14.2. The van der Waals surface area contributed by atoms with Crippen LogP contribution in [-0.2, 0) is 57.5 Å². The smallest absolute Gasteiger partial charge is 0.248 e. The first-order valence-electron chi connectivity index (χ1n) is 28.0. The van der Waals surface area contributed by atoms with Gasteiger partial charge in [-0.25, -0.2) is 0 Å². The third-order valence-corrected chi connectivity index (χ3v) is 14.2. The zero-order valence-electron chi connectivity index (χ0n) is 50.4. The van der Waals surface area contributed by atoms with Crippen molar-refractivity contribution >= 4 is 70.9 Å². The zero-order valence-corrected chi connectivity index (χ0v) is 50.4. The lowest BCUT2D eigenvalue weighted by Crippen LogP contribution is -2.64. The van der Waals surface area contributed by atoms with E-state index < -0.39 is 154 Å². The fourth-order valence-electron chi connectivity index (χ4n) is 9.63. The monoisotopic (exact) mass is 1130 g/mol. The van der Waals surface area contributed by atoms with E-state index in [1.807, 2.05) is 41.5 Å². The van der Waals surface area contributed by atoms with Crippen molar-refractivity contribution in [1.82, 2.24) is 57.7 Å². The number of hydrogen-bond acceptors (Lipinski definition) is 13. The number of nitrogens with two attached hydrogens (primary N) is 1. The summed E-state index contributed by atoms with van der Waals surface area (Å²) < 4.78 is 0. The first kappa shape index (κ1) is 69.7. The molecule has 0 aromatic rings. The molecule has 454 valence electrons. The van der Waals surface area contributed by atoms with E-state index in [4.69, 9.17) is 5.73 Å². The number of carbonyl (C=O) groups is 12. The number of hydrogen-bond donors (Lipinski definition) is 11. The van der Waals surface area contributed by atoms with Crippen LogP contribution in [-0.4, -0.2) is 170 Å². The summed E-state index contributed by atoms with van der Waals surface area (Å²) in [5, 5.41) is 33.9. The number of aliphatic hydroxyl groups excluding tert-OH is 1. The quantitative estimate of drug-likeness (QED) is 0.0451. The van der Waals surface area contributed by atoms with Gasteiger partial charge in [-0.1, -0.05) is 69.2 Å². The molecule has 25 heteroatoms. The van der Waals surface area contributed by atoms with Crippen LogP contribution >= 0.6 is 0 Å². The summed E-state index contributed by atoms with van der Waals surface area (Å²) in [6.07, 6.45) is 1.27. The molecule has 2 aliphatic heterocycles. The topological polar surface area (TPSA) is 366 Å². The molecule has 8 atom stereocenters. The normalized spacial score (nSPS) is 18.1. The predicted molar refractivity (Wildman–Crippen MR) is 298 cm³/mol. The highest BCUT2D eigenvalue weighted by molar-refractivity contribution is 6.01. The molecule has 0 saturated carbocycles. The minimum absolute atomic E-state index is 0.0532. The number of carbonyl (C=O) groups excluding carboxylic acids is 12. The van der Waals surface area contributed by atoms with Crippen molar-refractivity contribution in [2.45, 2.75) is 228 Å². The van der Waals surface area contributed by atoms with E-state index in [0.717, 1.165) is 0 Å². The molecule has 0 aromatic heterocycles. The maximum absolute atomic E-state index is 14.4. The van der Waals surface area contributed by atoms with E-state index in [9.17, 15) is 62.6 Å². The number of aliphatic hydroxyl groups is 1. The lowest BCUT2D eigenvalue weighted by atomic mass is 9.96. The van der Waals surface area contributed by atoms with Crippen LogP contribution in [0.25, 0.3) is 0 Å². The van der Waals surface area contributed by atoms with E-state index >= 15 is 0 Å². The second kappa shape index (κ2) is 29.9. The second-order valence-corrected chi connectivity index (χ2v) is 24.9. The van der Waals surface area contributed by atoms with Crippen LogP contribution < -0.4 is 53.6 Å². The standard InChI is InChI=1S/C55H96N12O13/c1-28(2)24-34(43(71)57-35(25-29(3)4)45(73)64-54(14,15)51(79)67-23-19-21-39(67)47(75)59-37(27-68)30(5)6)58-46(74)38-20-18-22-66(38)52(80)55(16,17)65-49(77)42(32(9)10)62-48(76)41(31(7)8)61-44(72)36(26-40(56)70)60-50(78)53(12,13)63-33(11)69/h28-32,34-39,41-42,68H,18-27H2,1-17H3,(H2,56,70)(H,57,71)(H,58,74)(H,59,75)(H,60,78)(H,61,72)(H,62,76)(H,63,69)(H,64,73)(H,65,77)/t34-,35-,36-,37+,38-,39-,41-,42-/m0/s1. The fourth-order valence-corrected chi connectivity index (χ4v) is 9.63. The molecule has 80 heavy (non-hydrogen) atoms. The molecule has 0 aromatic carbocycles. The van der Waals surface area contributed by atoms with Crippen molar-refractivity contribution in [2.24, 2.45) is 35.3 Å². The molecule has 12 N–H and O–H groups in total. The highest BCUT2D eigenvalue weighted by Crippen LogP contribution is 2.25. The Balaban J connectivity index is 2.27. The van der Waals surface area contributed by atoms with Crippen LogP contribution in [0.15, 0.2) is 0 Å². The molecule has 12 amide bonds. The van der Waals surface area contributed by atoms with Gasteiger partial charge in [-0.2, -0.15) is 0 Å². The van der Waals surface area contributed by atoms with Gasteiger partial charge in [0.15, 0.2) is 0 Å². The van der Waals surface area contributed by atoms with Gasteiger partial charge >= 0.3 is 0 Å². The molecule has 0 unspecified atom stereocenters. The van der Waals surface area contributed by atoms with Crippen molar-refractivity contribution < 1.29 is 62.6 Å². The van der Waals surface area contributed by atoms with Gasteiger partial charge in [0.05, 0.1) is 19.1 Å². The molecule has 0 spiro atoms.